The molecule has 7 nitrogen and oxygen atoms in total. The van der Waals surface area contributed by atoms with Crippen molar-refractivity contribution in [2.45, 2.75) is 38.4 Å². The first kappa shape index (κ1) is 23.7. The molecule has 1 aromatic carbocycles. The number of allylic oxidation sites excluding steroid dienone is 1. The third-order valence-electron chi connectivity index (χ3n) is 5.58. The molecule has 2 aliphatic rings. The van der Waals surface area contributed by atoms with Gasteiger partial charge in [0.15, 0.2) is 5.76 Å². The molecule has 3 rings (SSSR count). The van der Waals surface area contributed by atoms with E-state index >= 15 is 0 Å². The Bertz CT molecular complexity index is 691. The highest BCUT2D eigenvalue weighted by Crippen LogP contribution is 2.38. The van der Waals surface area contributed by atoms with Gasteiger partial charge in [-0.1, -0.05) is 30.3 Å². The molecular weight excluding hydrogens is 398 g/mol. The van der Waals surface area contributed by atoms with Gasteiger partial charge in [0.25, 0.3) is 5.91 Å². The van der Waals surface area contributed by atoms with Crippen molar-refractivity contribution in [2.24, 2.45) is 11.8 Å². The molecule has 1 aliphatic carbocycles. The zero-order chi connectivity index (χ0) is 21.9. The minimum Gasteiger partial charge on any atom is -0.459 e. The summed E-state index contributed by atoms with van der Waals surface area (Å²) >= 11 is 0. The van der Waals surface area contributed by atoms with E-state index in [-0.39, 0.29) is 24.3 Å². The lowest BCUT2D eigenvalue weighted by Gasteiger charge is -2.37. The molecule has 1 saturated carbocycles. The fourth-order valence-electron chi connectivity index (χ4n) is 3.75. The second-order valence-electron chi connectivity index (χ2n) is 7.96. The molecule has 1 fully saturated rings. The van der Waals surface area contributed by atoms with E-state index in [1.807, 2.05) is 31.2 Å². The Morgan fingerprint density at radius 1 is 1.13 bits per heavy atom. The summed E-state index contributed by atoms with van der Waals surface area (Å²) in [6.07, 6.45) is 4.50. The topological polar surface area (TPSA) is 86.3 Å². The molecule has 0 spiro atoms. The number of amides is 1. The molecular formula is C24H35NO6. The van der Waals surface area contributed by atoms with Crippen LogP contribution >= 0.6 is 0 Å². The van der Waals surface area contributed by atoms with Gasteiger partial charge in [0.2, 0.25) is 6.29 Å². The normalized spacial score (nSPS) is 23.2. The van der Waals surface area contributed by atoms with E-state index in [1.54, 1.807) is 0 Å². The smallest absolute Gasteiger partial charge is 0.286 e. The summed E-state index contributed by atoms with van der Waals surface area (Å²) < 4.78 is 22.9. The zero-order valence-corrected chi connectivity index (χ0v) is 18.3. The Labute approximate surface area is 184 Å². The molecule has 0 bridgehead atoms. The predicted molar refractivity (Wildman–Crippen MR) is 116 cm³/mol. The maximum atomic E-state index is 12.7. The first-order chi connectivity index (χ1) is 15.2. The largest absolute Gasteiger partial charge is 0.459 e. The van der Waals surface area contributed by atoms with Crippen LogP contribution in [0.5, 0.6) is 0 Å². The third-order valence-corrected chi connectivity index (χ3v) is 5.58. The van der Waals surface area contributed by atoms with Crippen LogP contribution in [0.15, 0.2) is 42.2 Å². The lowest BCUT2D eigenvalue weighted by molar-refractivity contribution is -0.168. The molecule has 0 radical (unpaired) electrons. The Kier molecular flexibility index (Phi) is 9.81. The number of rotatable bonds is 14. The van der Waals surface area contributed by atoms with E-state index in [4.69, 9.17) is 24.1 Å². The summed E-state index contributed by atoms with van der Waals surface area (Å²) in [6, 6.07) is 10.2. The average molecular weight is 434 g/mol. The third kappa shape index (κ3) is 7.61. The average Bonchev–Trinajstić information content (AvgIpc) is 3.62. The van der Waals surface area contributed by atoms with E-state index in [2.05, 4.69) is 17.4 Å². The van der Waals surface area contributed by atoms with Crippen LogP contribution in [0.25, 0.3) is 0 Å². The van der Waals surface area contributed by atoms with Crippen molar-refractivity contribution in [3.8, 4) is 0 Å². The number of nitrogens with one attached hydrogen (secondary N) is 1. The van der Waals surface area contributed by atoms with Gasteiger partial charge >= 0.3 is 0 Å². The van der Waals surface area contributed by atoms with Crippen molar-refractivity contribution in [1.29, 1.82) is 0 Å². The van der Waals surface area contributed by atoms with Gasteiger partial charge in [0.05, 0.1) is 26.4 Å². The highest BCUT2D eigenvalue weighted by atomic mass is 16.7. The first-order valence-electron chi connectivity index (χ1n) is 11.3. The van der Waals surface area contributed by atoms with E-state index in [0.717, 1.165) is 12.0 Å². The van der Waals surface area contributed by atoms with Gasteiger partial charge in [0.1, 0.15) is 0 Å². The second-order valence-corrected chi connectivity index (χ2v) is 7.96. The highest BCUT2D eigenvalue weighted by molar-refractivity contribution is 5.91. The van der Waals surface area contributed by atoms with Crippen molar-refractivity contribution < 1.29 is 28.8 Å². The number of aliphatic hydroxyl groups excluding tert-OH is 1. The SMILES string of the molecule is CCOC1OC(C(=O)NCC2CC2)=CC(c2ccccc2)C1CCOCCOCCO. The van der Waals surface area contributed by atoms with Crippen molar-refractivity contribution in [2.75, 3.05) is 46.2 Å². The second kappa shape index (κ2) is 12.8. The lowest BCUT2D eigenvalue weighted by atomic mass is 9.81. The molecule has 7 heteroatoms. The summed E-state index contributed by atoms with van der Waals surface area (Å²) in [7, 11) is 0. The number of benzene rings is 1. The standard InChI is InChI=1S/C24H35NO6/c1-2-30-24-20(10-12-28-14-15-29-13-11-26)21(19-6-4-3-5-7-19)16-22(31-24)23(27)25-17-18-8-9-18/h3-7,16,18,20-21,24,26H,2,8-15,17H2,1H3,(H,25,27). The predicted octanol–water partition coefficient (Wildman–Crippen LogP) is 2.60. The van der Waals surface area contributed by atoms with Crippen LogP contribution < -0.4 is 5.32 Å². The van der Waals surface area contributed by atoms with Crippen molar-refractivity contribution in [3.05, 3.63) is 47.7 Å². The zero-order valence-electron chi connectivity index (χ0n) is 18.3. The van der Waals surface area contributed by atoms with Gasteiger partial charge in [0, 0.05) is 31.6 Å². The minimum absolute atomic E-state index is 0.0110. The van der Waals surface area contributed by atoms with Crippen molar-refractivity contribution in [1.82, 2.24) is 5.32 Å². The van der Waals surface area contributed by atoms with Crippen molar-refractivity contribution >= 4 is 5.91 Å². The van der Waals surface area contributed by atoms with Crippen LogP contribution in [0, 0.1) is 11.8 Å². The molecule has 172 valence electrons. The molecule has 1 aliphatic heterocycles. The summed E-state index contributed by atoms with van der Waals surface area (Å²) in [5, 5.41) is 11.7. The molecule has 31 heavy (non-hydrogen) atoms. The van der Waals surface area contributed by atoms with Gasteiger partial charge < -0.3 is 29.4 Å². The summed E-state index contributed by atoms with van der Waals surface area (Å²) in [6.45, 7) is 4.89. The number of carbonyl (C=O) groups is 1. The molecule has 0 saturated heterocycles. The molecule has 1 heterocycles. The van der Waals surface area contributed by atoms with Gasteiger partial charge in [-0.25, -0.2) is 0 Å². The summed E-state index contributed by atoms with van der Waals surface area (Å²) in [4.78, 5) is 12.7. The van der Waals surface area contributed by atoms with Gasteiger partial charge in [-0.2, -0.15) is 0 Å². The van der Waals surface area contributed by atoms with Gasteiger partial charge in [-0.3, -0.25) is 4.79 Å². The van der Waals surface area contributed by atoms with Crippen LogP contribution in [0.3, 0.4) is 0 Å². The number of carbonyl (C=O) groups excluding carboxylic acids is 1. The van der Waals surface area contributed by atoms with E-state index in [9.17, 15) is 4.79 Å². The van der Waals surface area contributed by atoms with Crippen LogP contribution in [0.2, 0.25) is 0 Å². The van der Waals surface area contributed by atoms with E-state index in [0.29, 0.717) is 51.3 Å². The Hall–Kier alpha value is -1.93. The maximum Gasteiger partial charge on any atom is 0.286 e. The monoisotopic (exact) mass is 433 g/mol. The Balaban J connectivity index is 1.68. The van der Waals surface area contributed by atoms with E-state index < -0.39 is 6.29 Å². The fraction of sp³-hybridized carbons (Fsp3) is 0.625. The Morgan fingerprint density at radius 3 is 2.55 bits per heavy atom. The molecule has 0 aromatic heterocycles. The lowest BCUT2D eigenvalue weighted by Crippen LogP contribution is -2.39. The number of hydrogen-bond acceptors (Lipinski definition) is 6. The van der Waals surface area contributed by atoms with Gasteiger partial charge in [-0.15, -0.1) is 0 Å². The Morgan fingerprint density at radius 2 is 1.87 bits per heavy atom. The van der Waals surface area contributed by atoms with Crippen LogP contribution in [0.1, 0.15) is 37.7 Å². The highest BCUT2D eigenvalue weighted by Gasteiger charge is 2.38. The molecule has 2 N–H and O–H groups in total. The maximum absolute atomic E-state index is 12.7. The number of aliphatic hydroxyl groups is 1. The quantitative estimate of drug-likeness (QED) is 0.439. The number of ether oxygens (including phenoxy) is 4. The van der Waals surface area contributed by atoms with Crippen LogP contribution in [-0.2, 0) is 23.7 Å². The fourth-order valence-corrected chi connectivity index (χ4v) is 3.75. The molecule has 3 atom stereocenters. The summed E-state index contributed by atoms with van der Waals surface area (Å²) in [5.74, 6) is 0.769. The van der Waals surface area contributed by atoms with Gasteiger partial charge in [-0.05, 0) is 43.7 Å². The van der Waals surface area contributed by atoms with Crippen LogP contribution in [0.4, 0.5) is 0 Å². The molecule has 3 unspecified atom stereocenters. The molecule has 1 aromatic rings. The minimum atomic E-state index is -0.517. The summed E-state index contributed by atoms with van der Waals surface area (Å²) in [5.41, 5.74) is 1.12. The van der Waals surface area contributed by atoms with E-state index in [1.165, 1.54) is 12.8 Å². The van der Waals surface area contributed by atoms with Crippen LogP contribution in [-0.4, -0.2) is 63.5 Å². The first-order valence-corrected chi connectivity index (χ1v) is 11.3. The van der Waals surface area contributed by atoms with Crippen molar-refractivity contribution in [3.63, 3.8) is 0 Å². The molecule has 1 amide bonds. The number of hydrogen-bond donors (Lipinski definition) is 2.